The second kappa shape index (κ2) is 5.58. The van der Waals surface area contributed by atoms with Crippen LogP contribution >= 0.6 is 0 Å². The standard InChI is InChI=1S/C17H19N5O3/c1-9-7-24-11(21-9)6-18-15(23)12-10(2)25-16-13(12)14(19-8-20-16)22-17(3)4-5-17/h7-8H,4-6H2,1-3H3,(H,18,23)(H,19,20,22). The van der Waals surface area contributed by atoms with Crippen molar-refractivity contribution in [2.24, 2.45) is 0 Å². The number of nitrogens with zero attached hydrogens (tertiary/aromatic N) is 3. The quantitative estimate of drug-likeness (QED) is 0.735. The lowest BCUT2D eigenvalue weighted by Crippen LogP contribution is -2.24. The number of hydrogen-bond acceptors (Lipinski definition) is 7. The first-order chi connectivity index (χ1) is 12.0. The van der Waals surface area contributed by atoms with E-state index in [0.717, 1.165) is 18.5 Å². The van der Waals surface area contributed by atoms with Crippen LogP contribution < -0.4 is 10.6 Å². The first kappa shape index (κ1) is 15.6. The molecule has 3 aromatic rings. The summed E-state index contributed by atoms with van der Waals surface area (Å²) in [5.74, 6) is 1.31. The van der Waals surface area contributed by atoms with Crippen LogP contribution in [0.4, 0.5) is 5.82 Å². The molecule has 4 rings (SSSR count). The Balaban J connectivity index is 1.65. The molecule has 0 unspecified atom stereocenters. The van der Waals surface area contributed by atoms with E-state index in [1.807, 2.05) is 6.92 Å². The fraction of sp³-hybridized carbons (Fsp3) is 0.412. The van der Waals surface area contributed by atoms with Gasteiger partial charge in [-0.3, -0.25) is 4.79 Å². The van der Waals surface area contributed by atoms with Gasteiger partial charge in [-0.1, -0.05) is 0 Å². The van der Waals surface area contributed by atoms with Crippen LogP contribution in [0.15, 0.2) is 21.4 Å². The van der Waals surface area contributed by atoms with Gasteiger partial charge in [0.15, 0.2) is 0 Å². The molecule has 130 valence electrons. The van der Waals surface area contributed by atoms with E-state index in [-0.39, 0.29) is 18.0 Å². The Morgan fingerprint density at radius 1 is 1.32 bits per heavy atom. The van der Waals surface area contributed by atoms with Crippen molar-refractivity contribution in [3.63, 3.8) is 0 Å². The van der Waals surface area contributed by atoms with Gasteiger partial charge in [0.1, 0.15) is 24.2 Å². The third kappa shape index (κ3) is 2.95. The van der Waals surface area contributed by atoms with Crippen LogP contribution in [0.1, 0.15) is 47.5 Å². The Kier molecular flexibility index (Phi) is 3.48. The van der Waals surface area contributed by atoms with Crippen LogP contribution in [0.3, 0.4) is 0 Å². The minimum absolute atomic E-state index is 0.0236. The molecule has 0 spiro atoms. The van der Waals surface area contributed by atoms with Gasteiger partial charge in [0.05, 0.1) is 23.2 Å². The fourth-order valence-electron chi connectivity index (χ4n) is 2.74. The molecule has 0 atom stereocenters. The molecule has 1 saturated carbocycles. The number of oxazole rings is 1. The maximum absolute atomic E-state index is 12.7. The molecule has 8 nitrogen and oxygen atoms in total. The van der Waals surface area contributed by atoms with E-state index in [9.17, 15) is 4.79 Å². The van der Waals surface area contributed by atoms with E-state index in [4.69, 9.17) is 8.83 Å². The molecule has 3 aromatic heterocycles. The zero-order chi connectivity index (χ0) is 17.6. The lowest BCUT2D eigenvalue weighted by Gasteiger charge is -2.13. The fourth-order valence-corrected chi connectivity index (χ4v) is 2.74. The molecule has 0 aromatic carbocycles. The number of aryl methyl sites for hydroxylation is 2. The molecule has 0 aliphatic heterocycles. The van der Waals surface area contributed by atoms with Crippen LogP contribution in [0.5, 0.6) is 0 Å². The van der Waals surface area contributed by atoms with Gasteiger partial charge in [-0.2, -0.15) is 0 Å². The van der Waals surface area contributed by atoms with Gasteiger partial charge in [-0.15, -0.1) is 0 Å². The number of nitrogens with one attached hydrogen (secondary N) is 2. The molecule has 1 aliphatic rings. The SMILES string of the molecule is Cc1coc(CNC(=O)c2c(C)oc3ncnc(NC4(C)CC4)c23)n1. The molecule has 0 radical (unpaired) electrons. The molecule has 8 heteroatoms. The lowest BCUT2D eigenvalue weighted by molar-refractivity contribution is 0.0947. The van der Waals surface area contributed by atoms with Crippen molar-refractivity contribution in [3.05, 3.63) is 35.5 Å². The monoisotopic (exact) mass is 341 g/mol. The zero-order valence-corrected chi connectivity index (χ0v) is 14.3. The third-order valence-corrected chi connectivity index (χ3v) is 4.38. The number of carbonyl (C=O) groups excluding carboxylic acids is 1. The van der Waals surface area contributed by atoms with Crippen LogP contribution in [0, 0.1) is 13.8 Å². The average Bonchev–Trinajstić information content (AvgIpc) is 2.99. The molecular formula is C17H19N5O3. The molecule has 2 N–H and O–H groups in total. The Bertz CT molecular complexity index is 955. The number of amides is 1. The topological polar surface area (TPSA) is 106 Å². The van der Waals surface area contributed by atoms with E-state index < -0.39 is 0 Å². The zero-order valence-electron chi connectivity index (χ0n) is 14.3. The van der Waals surface area contributed by atoms with Gasteiger partial charge < -0.3 is 19.5 Å². The Morgan fingerprint density at radius 2 is 2.12 bits per heavy atom. The average molecular weight is 341 g/mol. The largest absolute Gasteiger partial charge is 0.447 e. The smallest absolute Gasteiger partial charge is 0.256 e. The van der Waals surface area contributed by atoms with Gasteiger partial charge in [0.2, 0.25) is 11.6 Å². The molecule has 0 saturated heterocycles. The minimum atomic E-state index is -0.272. The van der Waals surface area contributed by atoms with Crippen LogP contribution in [-0.4, -0.2) is 26.4 Å². The summed E-state index contributed by atoms with van der Waals surface area (Å²) in [5, 5.41) is 6.82. The maximum Gasteiger partial charge on any atom is 0.256 e. The summed E-state index contributed by atoms with van der Waals surface area (Å²) in [4.78, 5) is 25.4. The van der Waals surface area contributed by atoms with Crippen molar-refractivity contribution in [2.45, 2.75) is 45.7 Å². The number of hydrogen-bond donors (Lipinski definition) is 2. The third-order valence-electron chi connectivity index (χ3n) is 4.38. The number of anilines is 1. The van der Waals surface area contributed by atoms with E-state index in [1.165, 1.54) is 6.33 Å². The molecule has 1 aliphatic carbocycles. The molecule has 1 fully saturated rings. The highest BCUT2D eigenvalue weighted by Crippen LogP contribution is 2.40. The van der Waals surface area contributed by atoms with Crippen molar-refractivity contribution in [1.82, 2.24) is 20.3 Å². The number of rotatable bonds is 5. The second-order valence-electron chi connectivity index (χ2n) is 6.69. The highest BCUT2D eigenvalue weighted by atomic mass is 16.3. The summed E-state index contributed by atoms with van der Waals surface area (Å²) < 4.78 is 10.9. The van der Waals surface area contributed by atoms with Gasteiger partial charge in [-0.05, 0) is 33.6 Å². The minimum Gasteiger partial charge on any atom is -0.447 e. The molecule has 3 heterocycles. The van der Waals surface area contributed by atoms with E-state index in [2.05, 4.69) is 32.5 Å². The van der Waals surface area contributed by atoms with E-state index in [1.54, 1.807) is 13.2 Å². The number of furan rings is 1. The Morgan fingerprint density at radius 3 is 2.80 bits per heavy atom. The summed E-state index contributed by atoms with van der Waals surface area (Å²) in [6, 6.07) is 0. The Hall–Kier alpha value is -2.90. The second-order valence-corrected chi connectivity index (χ2v) is 6.69. The molecule has 1 amide bonds. The molecule has 25 heavy (non-hydrogen) atoms. The van der Waals surface area contributed by atoms with Gasteiger partial charge in [0.25, 0.3) is 5.91 Å². The lowest BCUT2D eigenvalue weighted by atomic mass is 10.1. The van der Waals surface area contributed by atoms with Crippen molar-refractivity contribution in [1.29, 1.82) is 0 Å². The highest BCUT2D eigenvalue weighted by molar-refractivity contribution is 6.10. The van der Waals surface area contributed by atoms with E-state index >= 15 is 0 Å². The van der Waals surface area contributed by atoms with Gasteiger partial charge >= 0.3 is 0 Å². The van der Waals surface area contributed by atoms with Crippen LogP contribution in [-0.2, 0) is 6.54 Å². The predicted octanol–water partition coefficient (Wildman–Crippen LogP) is 2.72. The van der Waals surface area contributed by atoms with Gasteiger partial charge in [-0.25, -0.2) is 15.0 Å². The maximum atomic E-state index is 12.7. The summed E-state index contributed by atoms with van der Waals surface area (Å²) >= 11 is 0. The van der Waals surface area contributed by atoms with Crippen molar-refractivity contribution in [3.8, 4) is 0 Å². The Labute approximate surface area is 144 Å². The van der Waals surface area contributed by atoms with Crippen molar-refractivity contribution < 1.29 is 13.6 Å². The van der Waals surface area contributed by atoms with E-state index in [0.29, 0.717) is 34.1 Å². The summed E-state index contributed by atoms with van der Waals surface area (Å²) in [7, 11) is 0. The number of fused-ring (bicyclic) bond motifs is 1. The number of aromatic nitrogens is 3. The number of carbonyl (C=O) groups is 1. The van der Waals surface area contributed by atoms with Gasteiger partial charge in [0, 0.05) is 5.54 Å². The molecule has 0 bridgehead atoms. The summed E-state index contributed by atoms with van der Waals surface area (Å²) in [6.45, 7) is 5.90. The molecular weight excluding hydrogens is 322 g/mol. The highest BCUT2D eigenvalue weighted by Gasteiger charge is 2.38. The first-order valence-electron chi connectivity index (χ1n) is 8.17. The first-order valence-corrected chi connectivity index (χ1v) is 8.17. The summed E-state index contributed by atoms with van der Waals surface area (Å²) in [5.41, 5.74) is 1.63. The summed E-state index contributed by atoms with van der Waals surface area (Å²) in [6.07, 6.45) is 5.13. The van der Waals surface area contributed by atoms with Crippen molar-refractivity contribution in [2.75, 3.05) is 5.32 Å². The normalized spacial score (nSPS) is 15.3. The predicted molar refractivity (Wildman–Crippen MR) is 90.2 cm³/mol. The van der Waals surface area contributed by atoms with Crippen molar-refractivity contribution >= 4 is 22.8 Å². The van der Waals surface area contributed by atoms with Crippen LogP contribution in [0.2, 0.25) is 0 Å². The van der Waals surface area contributed by atoms with Crippen LogP contribution in [0.25, 0.3) is 11.1 Å².